The highest BCUT2D eigenvalue weighted by Crippen LogP contribution is 2.48. The Morgan fingerprint density at radius 1 is 1.19 bits per heavy atom. The minimum absolute atomic E-state index is 0.123. The van der Waals surface area contributed by atoms with E-state index >= 15 is 0 Å². The maximum absolute atomic E-state index is 13.6. The van der Waals surface area contributed by atoms with Crippen LogP contribution in [0.1, 0.15) is 35.7 Å². The summed E-state index contributed by atoms with van der Waals surface area (Å²) in [5.41, 5.74) is 2.55. The predicted molar refractivity (Wildman–Crippen MR) is 82.2 cm³/mol. The van der Waals surface area contributed by atoms with Crippen molar-refractivity contribution in [3.05, 3.63) is 65.5 Å². The molecule has 0 unspecified atom stereocenters. The van der Waals surface area contributed by atoms with Crippen molar-refractivity contribution in [3.8, 4) is 0 Å². The number of ketones is 1. The average molecular weight is 283 g/mol. The molecule has 1 fully saturated rings. The zero-order valence-corrected chi connectivity index (χ0v) is 12.0. The first-order valence-electron chi connectivity index (χ1n) is 7.20. The molecule has 2 nitrogen and oxygen atoms in total. The van der Waals surface area contributed by atoms with Crippen LogP contribution in [0.4, 0.5) is 10.1 Å². The standard InChI is InChI=1S/C18H18FNO/c1-13(21)14-9-16(19)11-17(10-14)20-12-18(7-8-18)15-5-3-2-4-6-15/h2-6,9-11,20H,7-8,12H2,1H3. The van der Waals surface area contributed by atoms with Gasteiger partial charge in [-0.15, -0.1) is 0 Å². The molecule has 0 heterocycles. The highest BCUT2D eigenvalue weighted by molar-refractivity contribution is 5.95. The Labute approximate surface area is 124 Å². The molecular weight excluding hydrogens is 265 g/mol. The molecule has 3 rings (SSSR count). The molecule has 1 aliphatic rings. The van der Waals surface area contributed by atoms with Crippen molar-refractivity contribution in [2.24, 2.45) is 0 Å². The fraction of sp³-hybridized carbons (Fsp3) is 0.278. The van der Waals surface area contributed by atoms with Gasteiger partial charge in [0.05, 0.1) is 0 Å². The van der Waals surface area contributed by atoms with E-state index < -0.39 is 0 Å². The van der Waals surface area contributed by atoms with Gasteiger partial charge in [-0.05, 0) is 43.5 Å². The lowest BCUT2D eigenvalue weighted by atomic mass is 9.96. The normalized spacial score (nSPS) is 15.5. The maximum atomic E-state index is 13.6. The second-order valence-corrected chi connectivity index (χ2v) is 5.78. The van der Waals surface area contributed by atoms with Crippen LogP contribution in [0.3, 0.4) is 0 Å². The van der Waals surface area contributed by atoms with Crippen LogP contribution >= 0.6 is 0 Å². The monoisotopic (exact) mass is 283 g/mol. The van der Waals surface area contributed by atoms with Crippen molar-refractivity contribution in [2.45, 2.75) is 25.2 Å². The average Bonchev–Trinajstić information content (AvgIpc) is 3.27. The Kier molecular flexibility index (Phi) is 3.50. The van der Waals surface area contributed by atoms with E-state index in [1.165, 1.54) is 24.6 Å². The van der Waals surface area contributed by atoms with Crippen molar-refractivity contribution in [2.75, 3.05) is 11.9 Å². The van der Waals surface area contributed by atoms with Gasteiger partial charge in [-0.2, -0.15) is 0 Å². The molecular formula is C18H18FNO. The number of hydrogen-bond acceptors (Lipinski definition) is 2. The van der Waals surface area contributed by atoms with Crippen LogP contribution in [0.15, 0.2) is 48.5 Å². The number of carbonyl (C=O) groups is 1. The molecule has 1 N–H and O–H groups in total. The van der Waals surface area contributed by atoms with Crippen LogP contribution in [0.25, 0.3) is 0 Å². The number of hydrogen-bond donors (Lipinski definition) is 1. The topological polar surface area (TPSA) is 29.1 Å². The Bertz CT molecular complexity index is 662. The molecule has 2 aromatic carbocycles. The number of carbonyl (C=O) groups excluding carboxylic acids is 1. The fourth-order valence-electron chi connectivity index (χ4n) is 2.68. The van der Waals surface area contributed by atoms with Crippen molar-refractivity contribution in [1.82, 2.24) is 0 Å². The first-order chi connectivity index (χ1) is 10.1. The molecule has 0 saturated heterocycles. The van der Waals surface area contributed by atoms with Crippen LogP contribution < -0.4 is 5.32 Å². The van der Waals surface area contributed by atoms with E-state index in [1.807, 2.05) is 18.2 Å². The van der Waals surface area contributed by atoms with Gasteiger partial charge in [0.1, 0.15) is 5.82 Å². The largest absolute Gasteiger partial charge is 0.384 e. The summed E-state index contributed by atoms with van der Waals surface area (Å²) in [6.07, 6.45) is 2.28. The van der Waals surface area contributed by atoms with Gasteiger partial charge < -0.3 is 5.32 Å². The molecule has 2 aromatic rings. The third-order valence-corrected chi connectivity index (χ3v) is 4.17. The molecule has 108 valence electrons. The summed E-state index contributed by atoms with van der Waals surface area (Å²) >= 11 is 0. The number of anilines is 1. The van der Waals surface area contributed by atoms with Crippen LogP contribution in [0.5, 0.6) is 0 Å². The summed E-state index contributed by atoms with van der Waals surface area (Å²) in [6, 6.07) is 14.8. The Balaban J connectivity index is 1.75. The first kappa shape index (κ1) is 13.8. The summed E-state index contributed by atoms with van der Waals surface area (Å²) < 4.78 is 13.6. The lowest BCUT2D eigenvalue weighted by molar-refractivity contribution is 0.101. The van der Waals surface area contributed by atoms with Crippen LogP contribution in [-0.2, 0) is 5.41 Å². The number of halogens is 1. The number of Topliss-reactive ketones (excluding diaryl/α,β-unsaturated/α-hetero) is 1. The SMILES string of the molecule is CC(=O)c1cc(F)cc(NCC2(c3ccccc3)CC2)c1. The van der Waals surface area contributed by atoms with E-state index in [2.05, 4.69) is 17.4 Å². The molecule has 0 aromatic heterocycles. The zero-order chi connectivity index (χ0) is 14.9. The molecule has 0 amide bonds. The predicted octanol–water partition coefficient (Wildman–Crippen LogP) is 4.17. The van der Waals surface area contributed by atoms with E-state index in [1.54, 1.807) is 6.07 Å². The Morgan fingerprint density at radius 2 is 1.90 bits per heavy atom. The van der Waals surface area contributed by atoms with Gasteiger partial charge in [0, 0.05) is 23.2 Å². The molecule has 1 saturated carbocycles. The van der Waals surface area contributed by atoms with E-state index in [9.17, 15) is 9.18 Å². The lowest BCUT2D eigenvalue weighted by Crippen LogP contribution is -2.19. The highest BCUT2D eigenvalue weighted by atomic mass is 19.1. The highest BCUT2D eigenvalue weighted by Gasteiger charge is 2.43. The molecule has 21 heavy (non-hydrogen) atoms. The molecule has 0 atom stereocenters. The third kappa shape index (κ3) is 2.97. The summed E-state index contributed by atoms with van der Waals surface area (Å²) in [5.74, 6) is -0.503. The second-order valence-electron chi connectivity index (χ2n) is 5.78. The quantitative estimate of drug-likeness (QED) is 0.834. The Hall–Kier alpha value is -2.16. The van der Waals surface area contributed by atoms with E-state index in [-0.39, 0.29) is 17.0 Å². The summed E-state index contributed by atoms with van der Waals surface area (Å²) in [5, 5.41) is 3.29. The summed E-state index contributed by atoms with van der Waals surface area (Å²) in [6.45, 7) is 2.21. The lowest BCUT2D eigenvalue weighted by Gasteiger charge is -2.17. The van der Waals surface area contributed by atoms with Gasteiger partial charge in [0.25, 0.3) is 0 Å². The van der Waals surface area contributed by atoms with Crippen molar-refractivity contribution in [3.63, 3.8) is 0 Å². The molecule has 0 spiro atoms. The first-order valence-corrected chi connectivity index (χ1v) is 7.20. The minimum Gasteiger partial charge on any atom is -0.384 e. The van der Waals surface area contributed by atoms with Crippen molar-refractivity contribution in [1.29, 1.82) is 0 Å². The van der Waals surface area contributed by atoms with Gasteiger partial charge in [0.2, 0.25) is 0 Å². The van der Waals surface area contributed by atoms with E-state index in [4.69, 9.17) is 0 Å². The zero-order valence-electron chi connectivity index (χ0n) is 12.0. The second kappa shape index (κ2) is 5.32. The number of benzene rings is 2. The maximum Gasteiger partial charge on any atom is 0.159 e. The third-order valence-electron chi connectivity index (χ3n) is 4.17. The molecule has 1 aliphatic carbocycles. The summed E-state index contributed by atoms with van der Waals surface area (Å²) in [4.78, 5) is 11.4. The van der Waals surface area contributed by atoms with Crippen LogP contribution in [0.2, 0.25) is 0 Å². The van der Waals surface area contributed by atoms with Crippen molar-refractivity contribution >= 4 is 11.5 Å². The summed E-state index contributed by atoms with van der Waals surface area (Å²) in [7, 11) is 0. The minimum atomic E-state index is -0.380. The van der Waals surface area contributed by atoms with Gasteiger partial charge >= 0.3 is 0 Å². The fourth-order valence-corrected chi connectivity index (χ4v) is 2.68. The van der Waals surface area contributed by atoms with Crippen LogP contribution in [0, 0.1) is 5.82 Å². The van der Waals surface area contributed by atoms with Gasteiger partial charge in [0.15, 0.2) is 5.78 Å². The smallest absolute Gasteiger partial charge is 0.159 e. The van der Waals surface area contributed by atoms with Crippen molar-refractivity contribution < 1.29 is 9.18 Å². The Morgan fingerprint density at radius 3 is 2.52 bits per heavy atom. The van der Waals surface area contributed by atoms with Gasteiger partial charge in [-0.1, -0.05) is 30.3 Å². The number of nitrogens with one attached hydrogen (secondary N) is 1. The van der Waals surface area contributed by atoms with E-state index in [0.717, 1.165) is 19.4 Å². The molecule has 3 heteroatoms. The molecule has 0 radical (unpaired) electrons. The molecule has 0 aliphatic heterocycles. The van der Waals surface area contributed by atoms with E-state index in [0.29, 0.717) is 11.3 Å². The van der Waals surface area contributed by atoms with Gasteiger partial charge in [-0.3, -0.25) is 4.79 Å². The molecule has 0 bridgehead atoms. The van der Waals surface area contributed by atoms with Crippen LogP contribution in [-0.4, -0.2) is 12.3 Å². The van der Waals surface area contributed by atoms with Gasteiger partial charge in [-0.25, -0.2) is 4.39 Å². The number of rotatable bonds is 5.